The number of rotatable bonds is 0. The highest BCUT2D eigenvalue weighted by Crippen LogP contribution is 2.50. The highest BCUT2D eigenvalue weighted by molar-refractivity contribution is 7.38. The van der Waals surface area contributed by atoms with E-state index in [1.54, 1.807) is 0 Å². The predicted molar refractivity (Wildman–Crippen MR) is 115 cm³/mol. The molecule has 0 bridgehead atoms. The predicted octanol–water partition coefficient (Wildman–Crippen LogP) is 8.32. The smallest absolute Gasteiger partial charge is 0.0557 e. The monoisotopic (exact) mass is 380 g/mol. The standard InChI is InChI=1S/C20H12S4/c1-9-7-11-3-5-13-15(17(11)21-9)19-20(23-13)16-14(24-19)6-4-12-8-10(2)22-18(12)16/h3-8H,1-2H3. The number of fused-ring (bicyclic) bond motifs is 9. The van der Waals surface area contributed by atoms with Crippen LogP contribution < -0.4 is 0 Å². The van der Waals surface area contributed by atoms with E-state index in [9.17, 15) is 0 Å². The van der Waals surface area contributed by atoms with Gasteiger partial charge in [-0.25, -0.2) is 0 Å². The summed E-state index contributed by atoms with van der Waals surface area (Å²) in [5.41, 5.74) is 0. The zero-order valence-electron chi connectivity index (χ0n) is 13.1. The minimum absolute atomic E-state index is 1.39. The minimum atomic E-state index is 1.39. The Labute approximate surface area is 154 Å². The van der Waals surface area contributed by atoms with Crippen molar-refractivity contribution in [2.75, 3.05) is 0 Å². The molecule has 0 radical (unpaired) electrons. The first-order valence-electron chi connectivity index (χ1n) is 7.86. The highest BCUT2D eigenvalue weighted by atomic mass is 32.1. The SMILES string of the molecule is Cc1cc2ccc3sc4c(sc5ccc6cc(C)sc6c54)c3c2s1. The molecule has 6 rings (SSSR count). The Balaban J connectivity index is 1.92. The highest BCUT2D eigenvalue weighted by Gasteiger charge is 2.17. The third-order valence-electron chi connectivity index (χ3n) is 4.63. The fourth-order valence-electron chi connectivity index (χ4n) is 3.67. The molecule has 0 N–H and O–H groups in total. The van der Waals surface area contributed by atoms with Crippen molar-refractivity contribution in [3.05, 3.63) is 46.2 Å². The number of hydrogen-bond acceptors (Lipinski definition) is 4. The third-order valence-corrected chi connectivity index (χ3v) is 9.27. The molecule has 116 valence electrons. The van der Waals surface area contributed by atoms with E-state index in [1.807, 2.05) is 45.3 Å². The quantitative estimate of drug-likeness (QED) is 0.248. The van der Waals surface area contributed by atoms with E-state index in [0.29, 0.717) is 0 Å². The number of aryl methyl sites for hydroxylation is 2. The van der Waals surface area contributed by atoms with Gasteiger partial charge in [-0.1, -0.05) is 12.1 Å². The van der Waals surface area contributed by atoms with Crippen molar-refractivity contribution in [2.24, 2.45) is 0 Å². The van der Waals surface area contributed by atoms with E-state index in [2.05, 4.69) is 50.2 Å². The van der Waals surface area contributed by atoms with Gasteiger partial charge in [0.1, 0.15) is 0 Å². The van der Waals surface area contributed by atoms with Gasteiger partial charge in [-0.05, 0) is 48.9 Å². The van der Waals surface area contributed by atoms with Gasteiger partial charge in [0, 0.05) is 39.3 Å². The molecule has 0 saturated carbocycles. The summed E-state index contributed by atoms with van der Waals surface area (Å²) in [5, 5.41) is 5.74. The van der Waals surface area contributed by atoms with Crippen molar-refractivity contribution in [1.82, 2.24) is 0 Å². The molecule has 0 aliphatic carbocycles. The topological polar surface area (TPSA) is 0 Å². The second-order valence-corrected chi connectivity index (χ2v) is 10.9. The minimum Gasteiger partial charge on any atom is -0.140 e. The average Bonchev–Trinajstić information content (AvgIpc) is 3.24. The average molecular weight is 381 g/mol. The van der Waals surface area contributed by atoms with Crippen LogP contribution in [0.15, 0.2) is 36.4 Å². The molecule has 24 heavy (non-hydrogen) atoms. The van der Waals surface area contributed by atoms with Crippen LogP contribution in [0.2, 0.25) is 0 Å². The zero-order chi connectivity index (χ0) is 16.0. The van der Waals surface area contributed by atoms with Crippen LogP contribution in [-0.4, -0.2) is 0 Å². The molecular formula is C20H12S4. The summed E-state index contributed by atoms with van der Waals surface area (Å²) in [6.45, 7) is 4.42. The van der Waals surface area contributed by atoms with Crippen LogP contribution in [0.5, 0.6) is 0 Å². The maximum absolute atomic E-state index is 2.32. The van der Waals surface area contributed by atoms with Gasteiger partial charge >= 0.3 is 0 Å². The van der Waals surface area contributed by atoms with Crippen LogP contribution in [0.1, 0.15) is 9.75 Å². The second kappa shape index (κ2) is 4.58. The van der Waals surface area contributed by atoms with Gasteiger partial charge in [-0.3, -0.25) is 0 Å². The first kappa shape index (κ1) is 13.8. The number of benzene rings is 2. The molecule has 2 aromatic carbocycles. The van der Waals surface area contributed by atoms with Crippen LogP contribution in [0.4, 0.5) is 0 Å². The van der Waals surface area contributed by atoms with Crippen molar-refractivity contribution in [2.45, 2.75) is 13.8 Å². The molecule has 0 fully saturated rings. The molecule has 0 atom stereocenters. The van der Waals surface area contributed by atoms with E-state index in [1.165, 1.54) is 59.5 Å². The van der Waals surface area contributed by atoms with Crippen LogP contribution in [0.3, 0.4) is 0 Å². The molecule has 6 aromatic rings. The first-order chi connectivity index (χ1) is 11.7. The largest absolute Gasteiger partial charge is 0.140 e. The summed E-state index contributed by atoms with van der Waals surface area (Å²) in [6.07, 6.45) is 0. The van der Waals surface area contributed by atoms with Gasteiger partial charge in [0.2, 0.25) is 0 Å². The fraction of sp³-hybridized carbons (Fsp3) is 0.100. The Morgan fingerprint density at radius 2 is 1.00 bits per heavy atom. The second-order valence-electron chi connectivity index (χ2n) is 6.29. The number of hydrogen-bond donors (Lipinski definition) is 0. The fourth-order valence-corrected chi connectivity index (χ4v) is 8.78. The molecule has 0 spiro atoms. The van der Waals surface area contributed by atoms with Crippen molar-refractivity contribution in [1.29, 1.82) is 0 Å². The van der Waals surface area contributed by atoms with Gasteiger partial charge < -0.3 is 0 Å². The molecule has 0 aliphatic heterocycles. The molecule has 0 unspecified atom stereocenters. The van der Waals surface area contributed by atoms with Gasteiger partial charge in [0.15, 0.2) is 0 Å². The summed E-state index contributed by atoms with van der Waals surface area (Å²) in [4.78, 5) is 2.79. The van der Waals surface area contributed by atoms with Crippen molar-refractivity contribution in [3.8, 4) is 0 Å². The third kappa shape index (κ3) is 1.67. The lowest BCUT2D eigenvalue weighted by Crippen LogP contribution is -1.64. The molecule has 0 amide bonds. The molecule has 0 saturated heterocycles. The summed E-state index contributed by atoms with van der Waals surface area (Å²) in [5.74, 6) is 0. The molecule has 4 heterocycles. The van der Waals surface area contributed by atoms with Gasteiger partial charge in [-0.2, -0.15) is 0 Å². The molecule has 0 nitrogen and oxygen atoms in total. The Hall–Kier alpha value is -1.46. The van der Waals surface area contributed by atoms with E-state index >= 15 is 0 Å². The summed E-state index contributed by atoms with van der Waals surface area (Å²) in [7, 11) is 0. The lowest BCUT2D eigenvalue weighted by Gasteiger charge is -1.93. The Morgan fingerprint density at radius 1 is 0.542 bits per heavy atom. The molecule has 0 aliphatic rings. The summed E-state index contributed by atoms with van der Waals surface area (Å²) >= 11 is 7.81. The van der Waals surface area contributed by atoms with Crippen molar-refractivity contribution < 1.29 is 0 Å². The maximum Gasteiger partial charge on any atom is 0.0557 e. The Morgan fingerprint density at radius 3 is 1.46 bits per heavy atom. The van der Waals surface area contributed by atoms with Gasteiger partial charge in [-0.15, -0.1) is 45.3 Å². The number of thiophene rings is 4. The molecular weight excluding hydrogens is 368 g/mol. The Bertz CT molecular complexity index is 1310. The van der Waals surface area contributed by atoms with Crippen LogP contribution in [-0.2, 0) is 0 Å². The summed E-state index contributed by atoms with van der Waals surface area (Å²) < 4.78 is 8.74. The van der Waals surface area contributed by atoms with Gasteiger partial charge in [0.05, 0.1) is 9.40 Å². The van der Waals surface area contributed by atoms with Crippen molar-refractivity contribution >= 4 is 95.1 Å². The molecule has 4 heteroatoms. The van der Waals surface area contributed by atoms with Crippen LogP contribution in [0, 0.1) is 13.8 Å². The van der Waals surface area contributed by atoms with Crippen LogP contribution >= 0.6 is 45.3 Å². The first-order valence-corrected chi connectivity index (χ1v) is 11.1. The van der Waals surface area contributed by atoms with E-state index < -0.39 is 0 Å². The van der Waals surface area contributed by atoms with E-state index in [0.717, 1.165) is 0 Å². The van der Waals surface area contributed by atoms with E-state index in [-0.39, 0.29) is 0 Å². The van der Waals surface area contributed by atoms with Crippen LogP contribution in [0.25, 0.3) is 49.7 Å². The van der Waals surface area contributed by atoms with Gasteiger partial charge in [0.25, 0.3) is 0 Å². The molecule has 4 aromatic heterocycles. The normalized spacial score (nSPS) is 12.6. The maximum atomic E-state index is 2.32. The zero-order valence-corrected chi connectivity index (χ0v) is 16.4. The lowest BCUT2D eigenvalue weighted by atomic mass is 10.1. The summed E-state index contributed by atoms with van der Waals surface area (Å²) in [6, 6.07) is 13.8. The van der Waals surface area contributed by atoms with E-state index in [4.69, 9.17) is 0 Å². The van der Waals surface area contributed by atoms with Crippen molar-refractivity contribution in [3.63, 3.8) is 0 Å². The Kier molecular flexibility index (Phi) is 2.63. The lowest BCUT2D eigenvalue weighted by molar-refractivity contribution is 1.66.